The van der Waals surface area contributed by atoms with Gasteiger partial charge in [-0.3, -0.25) is 14.9 Å². The van der Waals surface area contributed by atoms with Crippen molar-refractivity contribution in [2.75, 3.05) is 5.32 Å². The maximum atomic E-state index is 13.2. The SMILES string of the molecule is O=C(Nc1ccc(-n2nc(OCc3ccc(F)cc3)nc2-c2ccco2)cc1)c1cccc([N+](=O)[O-])c1. The van der Waals surface area contributed by atoms with E-state index in [1.807, 2.05) is 0 Å². The van der Waals surface area contributed by atoms with Gasteiger partial charge in [-0.05, 0) is 60.2 Å². The molecule has 10 nitrogen and oxygen atoms in total. The quantitative estimate of drug-likeness (QED) is 0.224. The Morgan fingerprint density at radius 3 is 2.54 bits per heavy atom. The van der Waals surface area contributed by atoms with Gasteiger partial charge in [-0.25, -0.2) is 9.07 Å². The minimum atomic E-state index is -0.558. The van der Waals surface area contributed by atoms with Crippen molar-refractivity contribution < 1.29 is 23.3 Å². The van der Waals surface area contributed by atoms with E-state index in [-0.39, 0.29) is 29.7 Å². The molecule has 0 atom stereocenters. The highest BCUT2D eigenvalue weighted by molar-refractivity contribution is 6.04. The molecular formula is C26H18FN5O5. The topological polar surface area (TPSA) is 125 Å². The molecular weight excluding hydrogens is 481 g/mol. The summed E-state index contributed by atoms with van der Waals surface area (Å²) in [5, 5.41) is 18.1. The highest BCUT2D eigenvalue weighted by Crippen LogP contribution is 2.25. The summed E-state index contributed by atoms with van der Waals surface area (Å²) < 4.78 is 25.9. The summed E-state index contributed by atoms with van der Waals surface area (Å²) in [6, 6.07) is 21.7. The molecule has 0 aliphatic carbocycles. The molecule has 2 aromatic heterocycles. The van der Waals surface area contributed by atoms with Crippen LogP contribution in [-0.2, 0) is 6.61 Å². The largest absolute Gasteiger partial charge is 0.461 e. The lowest BCUT2D eigenvalue weighted by Gasteiger charge is -2.08. The number of carbonyl (C=O) groups excluding carboxylic acids is 1. The Hall–Kier alpha value is -5.32. The van der Waals surface area contributed by atoms with E-state index in [0.717, 1.165) is 5.56 Å². The lowest BCUT2D eigenvalue weighted by molar-refractivity contribution is -0.384. The summed E-state index contributed by atoms with van der Waals surface area (Å²) in [6.45, 7) is 0.143. The summed E-state index contributed by atoms with van der Waals surface area (Å²) in [5.41, 5.74) is 1.84. The van der Waals surface area contributed by atoms with Gasteiger partial charge in [-0.2, -0.15) is 4.98 Å². The summed E-state index contributed by atoms with van der Waals surface area (Å²) in [5.74, 6) is 0.0422. The fraction of sp³-hybridized carbons (Fsp3) is 0.0385. The highest BCUT2D eigenvalue weighted by Gasteiger charge is 2.18. The maximum Gasteiger partial charge on any atom is 0.336 e. The summed E-state index contributed by atoms with van der Waals surface area (Å²) in [4.78, 5) is 27.4. The van der Waals surface area contributed by atoms with Gasteiger partial charge in [0.2, 0.25) is 5.82 Å². The average molecular weight is 499 g/mol. The lowest BCUT2D eigenvalue weighted by Crippen LogP contribution is -2.12. The molecule has 11 heteroatoms. The molecule has 0 bridgehead atoms. The van der Waals surface area contributed by atoms with Crippen molar-refractivity contribution in [2.45, 2.75) is 6.61 Å². The van der Waals surface area contributed by atoms with Crippen molar-refractivity contribution in [3.8, 4) is 23.3 Å². The van der Waals surface area contributed by atoms with Crippen molar-refractivity contribution in [1.82, 2.24) is 14.8 Å². The van der Waals surface area contributed by atoms with Gasteiger partial charge in [0.25, 0.3) is 11.6 Å². The zero-order chi connectivity index (χ0) is 25.8. The van der Waals surface area contributed by atoms with Crippen LogP contribution < -0.4 is 10.1 Å². The first kappa shape index (κ1) is 23.4. The van der Waals surface area contributed by atoms with Crippen LogP contribution in [0.25, 0.3) is 17.3 Å². The van der Waals surface area contributed by atoms with Gasteiger partial charge in [-0.15, -0.1) is 5.10 Å². The standard InChI is InChI=1S/C26H18FN5O5/c27-19-8-6-17(7-9-19)16-37-26-29-24(23-5-2-14-36-23)31(30-26)21-12-10-20(11-13-21)28-25(33)18-3-1-4-22(15-18)32(34)35/h1-15H,16H2,(H,28,33). The molecule has 0 spiro atoms. The first-order valence-corrected chi connectivity index (χ1v) is 11.0. The number of ether oxygens (including phenoxy) is 1. The van der Waals surface area contributed by atoms with E-state index >= 15 is 0 Å². The molecule has 0 radical (unpaired) electrons. The Morgan fingerprint density at radius 2 is 1.84 bits per heavy atom. The number of rotatable bonds is 8. The summed E-state index contributed by atoms with van der Waals surface area (Å²) >= 11 is 0. The summed E-state index contributed by atoms with van der Waals surface area (Å²) in [7, 11) is 0. The van der Waals surface area contributed by atoms with Gasteiger partial charge in [0.05, 0.1) is 16.9 Å². The van der Waals surface area contributed by atoms with Crippen LogP contribution in [0.1, 0.15) is 15.9 Å². The minimum absolute atomic E-state index is 0.0961. The van der Waals surface area contributed by atoms with Crippen molar-refractivity contribution in [3.63, 3.8) is 0 Å². The van der Waals surface area contributed by atoms with E-state index in [1.165, 1.54) is 47.3 Å². The molecule has 37 heavy (non-hydrogen) atoms. The second kappa shape index (κ2) is 10.1. The molecule has 2 heterocycles. The molecule has 0 unspecified atom stereocenters. The first-order chi connectivity index (χ1) is 18.0. The molecule has 0 aliphatic rings. The Morgan fingerprint density at radius 1 is 1.05 bits per heavy atom. The number of nitrogens with zero attached hydrogens (tertiary/aromatic N) is 4. The Balaban J connectivity index is 1.35. The molecule has 0 saturated carbocycles. The van der Waals surface area contributed by atoms with Crippen molar-refractivity contribution in [1.29, 1.82) is 0 Å². The molecule has 5 rings (SSSR count). The number of nitro benzene ring substituents is 1. The summed E-state index contributed by atoms with van der Waals surface area (Å²) in [6.07, 6.45) is 1.51. The van der Waals surface area contributed by atoms with E-state index in [2.05, 4.69) is 15.4 Å². The number of halogens is 1. The number of nitrogens with one attached hydrogen (secondary N) is 1. The Kier molecular flexibility index (Phi) is 6.41. The Bertz CT molecular complexity index is 1550. The van der Waals surface area contributed by atoms with Gasteiger partial charge < -0.3 is 14.5 Å². The van der Waals surface area contributed by atoms with E-state index < -0.39 is 10.8 Å². The van der Waals surface area contributed by atoms with Gasteiger partial charge in [-0.1, -0.05) is 18.2 Å². The second-order valence-electron chi connectivity index (χ2n) is 7.83. The van der Waals surface area contributed by atoms with Crippen LogP contribution in [0.5, 0.6) is 6.01 Å². The number of hydrogen-bond acceptors (Lipinski definition) is 7. The molecule has 0 saturated heterocycles. The number of amides is 1. The fourth-order valence-electron chi connectivity index (χ4n) is 3.48. The highest BCUT2D eigenvalue weighted by atomic mass is 19.1. The molecule has 0 aliphatic heterocycles. The van der Waals surface area contributed by atoms with E-state index in [1.54, 1.807) is 48.5 Å². The third-order valence-electron chi connectivity index (χ3n) is 5.30. The van der Waals surface area contributed by atoms with Crippen LogP contribution in [0, 0.1) is 15.9 Å². The number of non-ortho nitro benzene ring substituents is 1. The van der Waals surface area contributed by atoms with Gasteiger partial charge in [0.1, 0.15) is 12.4 Å². The normalized spacial score (nSPS) is 10.7. The fourth-order valence-corrected chi connectivity index (χ4v) is 3.48. The van der Waals surface area contributed by atoms with Crippen LogP contribution >= 0.6 is 0 Å². The van der Waals surface area contributed by atoms with Crippen LogP contribution in [0.2, 0.25) is 0 Å². The van der Waals surface area contributed by atoms with Crippen molar-refractivity contribution >= 4 is 17.3 Å². The number of anilines is 1. The second-order valence-corrected chi connectivity index (χ2v) is 7.83. The van der Waals surface area contributed by atoms with E-state index in [0.29, 0.717) is 23.0 Å². The van der Waals surface area contributed by atoms with E-state index in [9.17, 15) is 19.3 Å². The van der Waals surface area contributed by atoms with Crippen LogP contribution in [0.15, 0.2) is 95.6 Å². The molecule has 184 valence electrons. The first-order valence-electron chi connectivity index (χ1n) is 11.0. The van der Waals surface area contributed by atoms with Crippen LogP contribution in [-0.4, -0.2) is 25.6 Å². The minimum Gasteiger partial charge on any atom is -0.461 e. The van der Waals surface area contributed by atoms with Crippen molar-refractivity contribution in [3.05, 3.63) is 118 Å². The molecule has 1 N–H and O–H groups in total. The number of aromatic nitrogens is 3. The van der Waals surface area contributed by atoms with Gasteiger partial charge in [0, 0.05) is 23.4 Å². The average Bonchev–Trinajstić information content (AvgIpc) is 3.59. The number of nitro groups is 1. The number of furan rings is 1. The molecule has 5 aromatic rings. The number of hydrogen-bond donors (Lipinski definition) is 1. The third-order valence-corrected chi connectivity index (χ3v) is 5.30. The smallest absolute Gasteiger partial charge is 0.336 e. The monoisotopic (exact) mass is 499 g/mol. The number of benzene rings is 3. The maximum absolute atomic E-state index is 13.2. The Labute approximate surface area is 209 Å². The van der Waals surface area contributed by atoms with Crippen LogP contribution in [0.4, 0.5) is 15.8 Å². The lowest BCUT2D eigenvalue weighted by atomic mass is 10.2. The van der Waals surface area contributed by atoms with Crippen molar-refractivity contribution in [2.24, 2.45) is 0 Å². The van der Waals surface area contributed by atoms with E-state index in [4.69, 9.17) is 9.15 Å². The number of carbonyl (C=O) groups is 1. The zero-order valence-electron chi connectivity index (χ0n) is 19.1. The predicted octanol–water partition coefficient (Wildman–Crippen LogP) is 5.41. The molecule has 1 amide bonds. The van der Waals surface area contributed by atoms with Gasteiger partial charge >= 0.3 is 6.01 Å². The molecule has 3 aromatic carbocycles. The zero-order valence-corrected chi connectivity index (χ0v) is 19.1. The van der Waals surface area contributed by atoms with Crippen LogP contribution in [0.3, 0.4) is 0 Å². The third kappa shape index (κ3) is 5.35. The molecule has 0 fully saturated rings. The van der Waals surface area contributed by atoms with Gasteiger partial charge in [0.15, 0.2) is 5.76 Å². The predicted molar refractivity (Wildman–Crippen MR) is 131 cm³/mol.